The Kier molecular flexibility index (Phi) is 10.7. The molecule has 3 amide bonds. The first kappa shape index (κ1) is 35.7. The summed E-state index contributed by atoms with van der Waals surface area (Å²) >= 11 is 2.21. The largest absolute Gasteiger partial charge is 0.489 e. The van der Waals surface area contributed by atoms with Gasteiger partial charge in [0.05, 0.1) is 34.4 Å². The average molecular weight is 814 g/mol. The molecule has 270 valence electrons. The maximum absolute atomic E-state index is 14.0. The zero-order valence-electron chi connectivity index (χ0n) is 29.1. The van der Waals surface area contributed by atoms with Gasteiger partial charge in [0.1, 0.15) is 24.7 Å². The molecule has 3 aromatic carbocycles. The van der Waals surface area contributed by atoms with E-state index in [0.717, 1.165) is 26.9 Å². The summed E-state index contributed by atoms with van der Waals surface area (Å²) < 4.78 is 12.5. The third-order valence-corrected chi connectivity index (χ3v) is 11.5. The number of H-pyrrole nitrogens is 1. The number of nitrogens with one attached hydrogen (secondary N) is 4. The Bertz CT molecular complexity index is 1920. The van der Waals surface area contributed by atoms with Gasteiger partial charge < -0.3 is 30.4 Å². The van der Waals surface area contributed by atoms with Crippen molar-refractivity contribution in [3.8, 4) is 11.5 Å². The second-order valence-corrected chi connectivity index (χ2v) is 15.9. The number of halogens is 1. The van der Waals surface area contributed by atoms with E-state index in [1.807, 2.05) is 24.3 Å². The van der Waals surface area contributed by atoms with Crippen molar-refractivity contribution >= 4 is 57.0 Å². The molecule has 1 aromatic heterocycles. The summed E-state index contributed by atoms with van der Waals surface area (Å²) in [6.45, 7) is 8.57. The molecule has 4 aromatic rings. The molecule has 0 aliphatic heterocycles. The van der Waals surface area contributed by atoms with Gasteiger partial charge in [-0.2, -0.15) is 0 Å². The standard InChI is InChI=1S/C41H44IN5O5/c1-3-9-51-31-14-30(15-32(16-31)52-10-4-2)47-40(50)35(28-5-7-29(42)8-6-28)22-43-38(48)33-17-36-37(46-24-45-36)18-34(33)39(49)44-23-41-19-25-11-26(20-41)13-27(12-25)21-41/h3-8,14-18,24-27,35H,1-2,9-13,19-23H2,(H,43,48)(H,44,49)(H,45,46)(H,47,50). The lowest BCUT2D eigenvalue weighted by Gasteiger charge is -2.56. The first-order valence-electron chi connectivity index (χ1n) is 17.9. The number of aromatic nitrogens is 2. The number of aromatic amines is 1. The SMILES string of the molecule is C=CCOc1cc(NC(=O)C(CNC(=O)c2cc3nc[nH]c3cc2C(=O)NCC23CC4CC(CC(C4)C2)C3)c2ccc(I)cc2)cc(OCC=C)c1. The molecule has 11 heteroatoms. The highest BCUT2D eigenvalue weighted by Gasteiger charge is 2.50. The van der Waals surface area contributed by atoms with Crippen molar-refractivity contribution in [1.29, 1.82) is 0 Å². The normalized spacial score (nSPS) is 22.0. The molecule has 4 bridgehead atoms. The van der Waals surface area contributed by atoms with Gasteiger partial charge >= 0.3 is 0 Å². The van der Waals surface area contributed by atoms with E-state index in [9.17, 15) is 14.4 Å². The molecule has 0 spiro atoms. The molecule has 1 heterocycles. The number of hydrogen-bond donors (Lipinski definition) is 4. The van der Waals surface area contributed by atoms with Gasteiger partial charge in [-0.1, -0.05) is 37.4 Å². The zero-order chi connectivity index (χ0) is 36.2. The Morgan fingerprint density at radius 1 is 0.865 bits per heavy atom. The van der Waals surface area contributed by atoms with Crippen LogP contribution in [0.15, 0.2) is 86.2 Å². The first-order chi connectivity index (χ1) is 25.2. The van der Waals surface area contributed by atoms with Crippen molar-refractivity contribution in [2.75, 3.05) is 31.6 Å². The van der Waals surface area contributed by atoms with Crippen LogP contribution in [0.3, 0.4) is 0 Å². The predicted octanol–water partition coefficient (Wildman–Crippen LogP) is 7.40. The fourth-order valence-corrected chi connectivity index (χ4v) is 9.28. The lowest BCUT2D eigenvalue weighted by molar-refractivity contribution is -0.117. The highest BCUT2D eigenvalue weighted by Crippen LogP contribution is 2.59. The van der Waals surface area contributed by atoms with Crippen molar-refractivity contribution in [2.45, 2.75) is 44.4 Å². The Labute approximate surface area is 317 Å². The summed E-state index contributed by atoms with van der Waals surface area (Å²) in [6.07, 6.45) is 12.3. The molecular weight excluding hydrogens is 769 g/mol. The van der Waals surface area contributed by atoms with Gasteiger partial charge in [-0.3, -0.25) is 14.4 Å². The molecule has 52 heavy (non-hydrogen) atoms. The van der Waals surface area contributed by atoms with E-state index < -0.39 is 11.8 Å². The van der Waals surface area contributed by atoms with Crippen molar-refractivity contribution in [3.05, 3.63) is 106 Å². The maximum atomic E-state index is 14.0. The van der Waals surface area contributed by atoms with Crippen LogP contribution in [0.25, 0.3) is 11.0 Å². The summed E-state index contributed by atoms with van der Waals surface area (Å²) in [4.78, 5) is 49.3. The van der Waals surface area contributed by atoms with Crippen LogP contribution >= 0.6 is 22.6 Å². The number of benzene rings is 3. The number of nitrogens with zero attached hydrogens (tertiary/aromatic N) is 1. The monoisotopic (exact) mass is 813 g/mol. The fourth-order valence-electron chi connectivity index (χ4n) is 8.92. The third-order valence-electron chi connectivity index (χ3n) is 10.8. The number of anilines is 1. The number of rotatable bonds is 15. The highest BCUT2D eigenvalue weighted by atomic mass is 127. The molecule has 0 radical (unpaired) electrons. The lowest BCUT2D eigenvalue weighted by Crippen LogP contribution is -2.51. The van der Waals surface area contributed by atoms with E-state index in [-0.39, 0.29) is 48.1 Å². The van der Waals surface area contributed by atoms with Gasteiger partial charge in [0, 0.05) is 40.5 Å². The van der Waals surface area contributed by atoms with Gasteiger partial charge in [0.15, 0.2) is 0 Å². The van der Waals surface area contributed by atoms with Crippen LogP contribution in [-0.2, 0) is 4.79 Å². The van der Waals surface area contributed by atoms with Crippen molar-refractivity contribution in [2.24, 2.45) is 23.2 Å². The second-order valence-electron chi connectivity index (χ2n) is 14.6. The number of carbonyl (C=O) groups is 3. The predicted molar refractivity (Wildman–Crippen MR) is 210 cm³/mol. The number of imidazole rings is 1. The summed E-state index contributed by atoms with van der Waals surface area (Å²) in [5.41, 5.74) is 3.06. The van der Waals surface area contributed by atoms with Crippen LogP contribution in [-0.4, -0.2) is 54.0 Å². The summed E-state index contributed by atoms with van der Waals surface area (Å²) in [5.74, 6) is 1.46. The minimum Gasteiger partial charge on any atom is -0.489 e. The summed E-state index contributed by atoms with van der Waals surface area (Å²) in [7, 11) is 0. The smallest absolute Gasteiger partial charge is 0.252 e. The molecule has 4 N–H and O–H groups in total. The van der Waals surface area contributed by atoms with Crippen molar-refractivity contribution in [3.63, 3.8) is 0 Å². The maximum Gasteiger partial charge on any atom is 0.252 e. The van der Waals surface area contributed by atoms with E-state index in [1.54, 1.807) is 48.8 Å². The average Bonchev–Trinajstić information content (AvgIpc) is 3.59. The first-order valence-corrected chi connectivity index (χ1v) is 19.0. The number of ether oxygens (including phenoxy) is 2. The minimum atomic E-state index is -0.765. The number of amides is 3. The fraction of sp³-hybridized carbons (Fsp3) is 0.366. The third kappa shape index (κ3) is 8.04. The number of fused-ring (bicyclic) bond motifs is 1. The van der Waals surface area contributed by atoms with Crippen LogP contribution in [0.1, 0.15) is 70.7 Å². The van der Waals surface area contributed by atoms with Crippen LogP contribution in [0, 0.1) is 26.7 Å². The van der Waals surface area contributed by atoms with E-state index in [2.05, 4.69) is 61.7 Å². The van der Waals surface area contributed by atoms with Crippen LogP contribution in [0.2, 0.25) is 0 Å². The Morgan fingerprint density at radius 2 is 1.46 bits per heavy atom. The Morgan fingerprint density at radius 3 is 2.08 bits per heavy atom. The van der Waals surface area contributed by atoms with Gasteiger partial charge in [0.25, 0.3) is 11.8 Å². The topological polar surface area (TPSA) is 134 Å². The molecule has 0 saturated heterocycles. The summed E-state index contributed by atoms with van der Waals surface area (Å²) in [6, 6.07) is 16.1. The minimum absolute atomic E-state index is 0.0231. The van der Waals surface area contributed by atoms with E-state index >= 15 is 0 Å². The molecule has 4 fully saturated rings. The Balaban J connectivity index is 1.10. The molecule has 10 nitrogen and oxygen atoms in total. The molecule has 1 atom stereocenters. The van der Waals surface area contributed by atoms with Gasteiger partial charge in [0.2, 0.25) is 5.91 Å². The van der Waals surface area contributed by atoms with Gasteiger partial charge in [-0.25, -0.2) is 4.98 Å². The van der Waals surface area contributed by atoms with Crippen LogP contribution in [0.5, 0.6) is 11.5 Å². The lowest BCUT2D eigenvalue weighted by atomic mass is 9.49. The molecule has 4 saturated carbocycles. The molecular formula is C41H44IN5O5. The van der Waals surface area contributed by atoms with Crippen LogP contribution < -0.4 is 25.4 Å². The van der Waals surface area contributed by atoms with Crippen molar-refractivity contribution < 1.29 is 23.9 Å². The van der Waals surface area contributed by atoms with Crippen molar-refractivity contribution in [1.82, 2.24) is 20.6 Å². The molecule has 8 rings (SSSR count). The van der Waals surface area contributed by atoms with Crippen LogP contribution in [0.4, 0.5) is 5.69 Å². The number of carbonyl (C=O) groups excluding carboxylic acids is 3. The second kappa shape index (κ2) is 15.5. The highest BCUT2D eigenvalue weighted by molar-refractivity contribution is 14.1. The summed E-state index contributed by atoms with van der Waals surface area (Å²) in [5, 5.41) is 9.20. The molecule has 4 aliphatic carbocycles. The van der Waals surface area contributed by atoms with E-state index in [0.29, 0.717) is 34.8 Å². The molecule has 1 unspecified atom stereocenters. The quantitative estimate of drug-likeness (QED) is 0.0731. The van der Waals surface area contributed by atoms with Gasteiger partial charge in [-0.15, -0.1) is 0 Å². The number of hydrogen-bond acceptors (Lipinski definition) is 6. The zero-order valence-corrected chi connectivity index (χ0v) is 31.2. The van der Waals surface area contributed by atoms with E-state index in [4.69, 9.17) is 9.47 Å². The van der Waals surface area contributed by atoms with E-state index in [1.165, 1.54) is 38.5 Å². The molecule has 4 aliphatic rings. The Hall–Kier alpha value is -4.65. The van der Waals surface area contributed by atoms with Gasteiger partial charge in [-0.05, 0) is 114 Å².